The van der Waals surface area contributed by atoms with Gasteiger partial charge in [0.15, 0.2) is 0 Å². The lowest BCUT2D eigenvalue weighted by atomic mass is 10.0. The summed E-state index contributed by atoms with van der Waals surface area (Å²) in [6.45, 7) is 2.05. The minimum Gasteiger partial charge on any atom is -0.354 e. The number of likely N-dealkylation sites (N-methyl/N-ethyl adjacent to an activating group) is 1. The molecule has 0 unspecified atom stereocenters. The number of rotatable bonds is 13. The highest BCUT2D eigenvalue weighted by Crippen LogP contribution is 2.25. The lowest BCUT2D eigenvalue weighted by Crippen LogP contribution is -2.53. The molecule has 0 heterocycles. The van der Waals surface area contributed by atoms with E-state index >= 15 is 0 Å². The summed E-state index contributed by atoms with van der Waals surface area (Å²) >= 11 is 12.4. The SMILES string of the molecule is CCCCNC(=O)[C@H](Cc1ccccc1)N(Cc1ccc(Cl)c(Cl)c1)C(=O)CN(C)S(=O)(=O)c1ccc2ccccc2c1. The molecule has 0 spiro atoms. The third kappa shape index (κ3) is 8.36. The number of unbranched alkanes of at least 4 members (excludes halogenated alkanes) is 1. The number of carbonyl (C=O) groups is 2. The highest BCUT2D eigenvalue weighted by atomic mass is 35.5. The Kier molecular flexibility index (Phi) is 11.2. The van der Waals surface area contributed by atoms with Crippen LogP contribution in [0.2, 0.25) is 10.0 Å². The molecule has 4 rings (SSSR count). The highest BCUT2D eigenvalue weighted by molar-refractivity contribution is 7.89. The Morgan fingerprint density at radius 3 is 2.23 bits per heavy atom. The Morgan fingerprint density at radius 1 is 0.837 bits per heavy atom. The third-order valence-electron chi connectivity index (χ3n) is 7.22. The Balaban J connectivity index is 1.67. The molecule has 10 heteroatoms. The third-order valence-corrected chi connectivity index (χ3v) is 9.76. The van der Waals surface area contributed by atoms with E-state index in [1.807, 2.05) is 61.5 Å². The largest absolute Gasteiger partial charge is 0.354 e. The summed E-state index contributed by atoms with van der Waals surface area (Å²) in [4.78, 5) is 29.2. The standard InChI is InChI=1S/C33H35Cl2N3O4S/c1-3-4-18-36-33(40)31(20-24-10-6-5-7-11-24)38(22-25-14-17-29(34)30(35)19-25)32(39)23-37(2)43(41,42)28-16-15-26-12-8-9-13-27(26)21-28/h5-17,19,21,31H,3-4,18,20,22-23H2,1-2H3,(H,36,40)/t31-/m0/s1. The summed E-state index contributed by atoms with van der Waals surface area (Å²) in [5.41, 5.74) is 1.52. The van der Waals surface area contributed by atoms with Gasteiger partial charge in [0.1, 0.15) is 6.04 Å². The van der Waals surface area contributed by atoms with Gasteiger partial charge in [-0.05, 0) is 52.6 Å². The van der Waals surface area contributed by atoms with E-state index in [2.05, 4.69) is 5.32 Å². The number of amides is 2. The molecule has 0 aliphatic rings. The first-order valence-corrected chi connectivity index (χ1v) is 16.3. The van der Waals surface area contributed by atoms with Gasteiger partial charge in [-0.2, -0.15) is 4.31 Å². The maximum Gasteiger partial charge on any atom is 0.243 e. The van der Waals surface area contributed by atoms with Crippen LogP contribution in [0.15, 0.2) is 95.9 Å². The zero-order valence-corrected chi connectivity index (χ0v) is 26.5. The van der Waals surface area contributed by atoms with Gasteiger partial charge in [-0.15, -0.1) is 0 Å². The topological polar surface area (TPSA) is 86.8 Å². The molecule has 226 valence electrons. The van der Waals surface area contributed by atoms with Crippen molar-refractivity contribution < 1.29 is 18.0 Å². The smallest absolute Gasteiger partial charge is 0.243 e. The predicted molar refractivity (Wildman–Crippen MR) is 173 cm³/mol. The Hall–Kier alpha value is -3.43. The average Bonchev–Trinajstić information content (AvgIpc) is 3.00. The van der Waals surface area contributed by atoms with E-state index in [4.69, 9.17) is 23.2 Å². The molecule has 0 saturated heterocycles. The summed E-state index contributed by atoms with van der Waals surface area (Å²) in [7, 11) is -2.65. The second kappa shape index (κ2) is 14.8. The molecule has 0 fully saturated rings. The molecule has 7 nitrogen and oxygen atoms in total. The summed E-state index contributed by atoms with van der Waals surface area (Å²) in [5.74, 6) is -0.838. The van der Waals surface area contributed by atoms with E-state index in [-0.39, 0.29) is 23.8 Å². The number of hydrogen-bond donors (Lipinski definition) is 1. The van der Waals surface area contributed by atoms with E-state index in [0.717, 1.165) is 33.5 Å². The molecule has 2 amide bonds. The van der Waals surface area contributed by atoms with E-state index in [0.29, 0.717) is 22.2 Å². The van der Waals surface area contributed by atoms with E-state index in [1.165, 1.54) is 18.0 Å². The van der Waals surface area contributed by atoms with Crippen LogP contribution in [0.5, 0.6) is 0 Å². The molecule has 4 aromatic rings. The molecular formula is C33H35Cl2N3O4S. The molecule has 0 aliphatic heterocycles. The van der Waals surface area contributed by atoms with Crippen molar-refractivity contribution >= 4 is 55.8 Å². The van der Waals surface area contributed by atoms with Gasteiger partial charge < -0.3 is 10.2 Å². The quantitative estimate of drug-likeness (QED) is 0.173. The number of fused-ring (bicyclic) bond motifs is 1. The van der Waals surface area contributed by atoms with E-state index in [9.17, 15) is 18.0 Å². The number of sulfonamides is 1. The monoisotopic (exact) mass is 639 g/mol. The summed E-state index contributed by atoms with van der Waals surface area (Å²) in [5, 5.41) is 5.32. The van der Waals surface area contributed by atoms with Crippen LogP contribution in [0.4, 0.5) is 0 Å². The molecular weight excluding hydrogens is 605 g/mol. The maximum absolute atomic E-state index is 14.0. The van der Waals surface area contributed by atoms with Gasteiger partial charge in [0.25, 0.3) is 0 Å². The number of nitrogens with one attached hydrogen (secondary N) is 1. The fourth-order valence-corrected chi connectivity index (χ4v) is 6.25. The minimum absolute atomic E-state index is 0.0261. The maximum atomic E-state index is 14.0. The molecule has 1 N–H and O–H groups in total. The van der Waals surface area contributed by atoms with Gasteiger partial charge in [0, 0.05) is 26.6 Å². The lowest BCUT2D eigenvalue weighted by Gasteiger charge is -2.33. The first kappa shape index (κ1) is 32.5. The van der Waals surface area contributed by atoms with Crippen LogP contribution < -0.4 is 5.32 Å². The van der Waals surface area contributed by atoms with Crippen molar-refractivity contribution in [3.05, 3.63) is 112 Å². The Morgan fingerprint density at radius 2 is 1.53 bits per heavy atom. The number of hydrogen-bond acceptors (Lipinski definition) is 4. The van der Waals surface area contributed by atoms with Crippen molar-refractivity contribution in [3.8, 4) is 0 Å². The normalized spacial score (nSPS) is 12.3. The number of carbonyl (C=O) groups excluding carboxylic acids is 2. The summed E-state index contributed by atoms with van der Waals surface area (Å²) in [6.07, 6.45) is 1.93. The molecule has 0 saturated carbocycles. The van der Waals surface area contributed by atoms with Gasteiger partial charge in [-0.3, -0.25) is 9.59 Å². The molecule has 4 aromatic carbocycles. The molecule has 0 aliphatic carbocycles. The lowest BCUT2D eigenvalue weighted by molar-refractivity contribution is -0.141. The van der Waals surface area contributed by atoms with Gasteiger partial charge in [-0.25, -0.2) is 8.42 Å². The average molecular weight is 641 g/mol. The van der Waals surface area contributed by atoms with E-state index in [1.54, 1.807) is 30.3 Å². The van der Waals surface area contributed by atoms with E-state index < -0.39 is 28.5 Å². The van der Waals surface area contributed by atoms with Crippen LogP contribution in [0.25, 0.3) is 10.8 Å². The van der Waals surface area contributed by atoms with Gasteiger partial charge in [0.05, 0.1) is 21.5 Å². The highest BCUT2D eigenvalue weighted by Gasteiger charge is 2.33. The van der Waals surface area contributed by atoms with Gasteiger partial charge >= 0.3 is 0 Å². The number of nitrogens with zero attached hydrogens (tertiary/aromatic N) is 2. The second-order valence-electron chi connectivity index (χ2n) is 10.4. The van der Waals surface area contributed by atoms with Crippen molar-refractivity contribution in [2.75, 3.05) is 20.1 Å². The zero-order valence-electron chi connectivity index (χ0n) is 24.2. The zero-order chi connectivity index (χ0) is 31.0. The van der Waals surface area contributed by atoms with Crippen molar-refractivity contribution in [1.29, 1.82) is 0 Å². The van der Waals surface area contributed by atoms with Crippen LogP contribution >= 0.6 is 23.2 Å². The molecule has 1 atom stereocenters. The number of benzene rings is 4. The van der Waals surface area contributed by atoms with Crippen LogP contribution in [-0.4, -0.2) is 55.6 Å². The first-order chi connectivity index (χ1) is 20.6. The minimum atomic E-state index is -4.02. The van der Waals surface area contributed by atoms with Gasteiger partial charge in [-0.1, -0.05) is 103 Å². The molecule has 0 aromatic heterocycles. The van der Waals surface area contributed by atoms with Crippen LogP contribution in [0, 0.1) is 0 Å². The predicted octanol–water partition coefficient (Wildman–Crippen LogP) is 6.32. The van der Waals surface area contributed by atoms with Gasteiger partial charge in [0.2, 0.25) is 21.8 Å². The second-order valence-corrected chi connectivity index (χ2v) is 13.2. The summed E-state index contributed by atoms with van der Waals surface area (Å²) < 4.78 is 28.2. The van der Waals surface area contributed by atoms with Crippen molar-refractivity contribution in [2.45, 2.75) is 43.7 Å². The van der Waals surface area contributed by atoms with Crippen LogP contribution in [0.3, 0.4) is 0 Å². The molecule has 43 heavy (non-hydrogen) atoms. The fraction of sp³-hybridized carbons (Fsp3) is 0.273. The fourth-order valence-electron chi connectivity index (χ4n) is 4.77. The van der Waals surface area contributed by atoms with Crippen molar-refractivity contribution in [3.63, 3.8) is 0 Å². The van der Waals surface area contributed by atoms with Crippen LogP contribution in [-0.2, 0) is 32.6 Å². The molecule has 0 radical (unpaired) electrons. The van der Waals surface area contributed by atoms with Crippen molar-refractivity contribution in [2.24, 2.45) is 0 Å². The van der Waals surface area contributed by atoms with Crippen molar-refractivity contribution in [1.82, 2.24) is 14.5 Å². The molecule has 0 bridgehead atoms. The summed E-state index contributed by atoms with van der Waals surface area (Å²) in [6, 6.07) is 25.8. The Bertz CT molecular complexity index is 1680. The Labute approximate surface area is 263 Å². The van der Waals surface area contributed by atoms with Crippen LogP contribution in [0.1, 0.15) is 30.9 Å². The number of halogens is 2. The first-order valence-electron chi connectivity index (χ1n) is 14.1.